The predicted octanol–water partition coefficient (Wildman–Crippen LogP) is 27.7. The van der Waals surface area contributed by atoms with Crippen LogP contribution in [0.1, 0.15) is 113 Å². The van der Waals surface area contributed by atoms with Crippen LogP contribution >= 0.6 is 11.3 Å². The lowest BCUT2D eigenvalue weighted by molar-refractivity contribution is 0.340. The third-order valence-corrected chi connectivity index (χ3v) is 28.7. The van der Waals surface area contributed by atoms with Gasteiger partial charge in [-0.15, -0.1) is 11.3 Å². The van der Waals surface area contributed by atoms with Gasteiger partial charge in [0.2, 0.25) is 0 Å². The van der Waals surface area contributed by atoms with Crippen LogP contribution in [0.25, 0.3) is 133 Å². The van der Waals surface area contributed by atoms with E-state index in [4.69, 9.17) is 39.4 Å². The summed E-state index contributed by atoms with van der Waals surface area (Å²) in [5.74, 6) is 9.00. The van der Waals surface area contributed by atoms with Crippen LogP contribution in [0.5, 0.6) is 23.0 Å². The van der Waals surface area contributed by atoms with Crippen LogP contribution in [-0.4, -0.2) is 29.9 Å². The molecule has 572 valence electrons. The Balaban J connectivity index is 0.619. The Labute approximate surface area is 701 Å². The molecule has 8 nitrogen and oxygen atoms in total. The zero-order chi connectivity index (χ0) is 79.6. The highest BCUT2D eigenvalue weighted by Crippen LogP contribution is 2.66. The van der Waals surface area contributed by atoms with E-state index in [9.17, 15) is 0 Å². The lowest BCUT2D eigenvalue weighted by Crippen LogP contribution is -2.33. The zero-order valence-corrected chi connectivity index (χ0v) is 67.7. The Morgan fingerprint density at radius 1 is 0.342 bits per heavy atom. The number of hydrogen-bond acceptors (Lipinski definition) is 9. The van der Waals surface area contributed by atoms with Crippen LogP contribution in [0.15, 0.2) is 339 Å². The first kappa shape index (κ1) is 70.4. The summed E-state index contributed by atoms with van der Waals surface area (Å²) in [5.41, 5.74) is 25.7. The Kier molecular flexibility index (Phi) is 16.0. The van der Waals surface area contributed by atoms with E-state index in [2.05, 4.69) is 355 Å². The smallest absolute Gasteiger partial charge is 0.164 e. The number of rotatable bonds is 9. The molecule has 14 aromatic carbocycles. The molecule has 0 saturated heterocycles. The van der Waals surface area contributed by atoms with Crippen molar-refractivity contribution in [1.82, 2.24) is 29.9 Å². The highest BCUT2D eigenvalue weighted by atomic mass is 32.1. The van der Waals surface area contributed by atoms with Gasteiger partial charge in [0.1, 0.15) is 23.0 Å². The fourth-order valence-corrected chi connectivity index (χ4v) is 22.7. The van der Waals surface area contributed by atoms with Crippen molar-refractivity contribution >= 4 is 54.1 Å². The molecule has 9 heteroatoms. The van der Waals surface area contributed by atoms with Crippen LogP contribution < -0.4 is 9.47 Å². The van der Waals surface area contributed by atoms with Crippen molar-refractivity contribution in [2.45, 2.75) is 70.1 Å². The lowest BCUT2D eigenvalue weighted by atomic mass is 9.64. The van der Waals surface area contributed by atoms with Crippen molar-refractivity contribution in [3.05, 3.63) is 406 Å². The van der Waals surface area contributed by atoms with Gasteiger partial charge in [0.25, 0.3) is 0 Å². The molecule has 5 aliphatic carbocycles. The van der Waals surface area contributed by atoms with E-state index in [1.54, 1.807) is 0 Å². The fraction of sp³-hybridized carbons (Fsp3) is 0.135. The predicted molar refractivity (Wildman–Crippen MR) is 488 cm³/mol. The number of para-hydroxylation sites is 4. The molecule has 3 aromatic heterocycles. The maximum Gasteiger partial charge on any atom is 0.164 e. The van der Waals surface area contributed by atoms with Crippen molar-refractivity contribution in [1.29, 1.82) is 0 Å². The third kappa shape index (κ3) is 10.7. The number of benzene rings is 14. The molecular formula is C111H80N6O2S. The SMILES string of the molecule is CC1Cc2sc3cc(-c4nc(-c5cccc(-c6ccc7c(c6)-c6ccccc6[C@@]76c7ccccc7Oc7c(C8C=C(c9nc(-c%10ccccc%10)nc(-c%10ccc%11c(ccc%12ccccc%12%11)c%10)n9)CC(C)C8C)cccc76)c5)nc(-c5cccc(-c6cccc7c6Oc6ccccc6C76C7=C(C=CC=CC7)c7ccccc76)c5)n4)ccc3c2CC1C. The summed E-state index contributed by atoms with van der Waals surface area (Å²) in [6, 6.07) is 110. The fourth-order valence-electron chi connectivity index (χ4n) is 21.3. The van der Waals surface area contributed by atoms with Gasteiger partial charge in [-0.25, -0.2) is 29.9 Å². The number of fused-ring (bicyclic) bond motifs is 23. The van der Waals surface area contributed by atoms with Crippen molar-refractivity contribution in [2.24, 2.45) is 23.7 Å². The molecule has 0 amide bonds. The molecule has 0 radical (unpaired) electrons. The van der Waals surface area contributed by atoms with Gasteiger partial charge in [-0.1, -0.05) is 319 Å². The van der Waals surface area contributed by atoms with Gasteiger partial charge < -0.3 is 9.47 Å². The molecule has 17 aromatic rings. The molecule has 120 heavy (non-hydrogen) atoms. The van der Waals surface area contributed by atoms with E-state index in [0.717, 1.165) is 138 Å². The molecule has 7 aliphatic rings. The molecule has 0 bridgehead atoms. The molecule has 0 fully saturated rings. The molecule has 5 heterocycles. The summed E-state index contributed by atoms with van der Waals surface area (Å²) >= 11 is 1.94. The second-order valence-corrected chi connectivity index (χ2v) is 35.2. The van der Waals surface area contributed by atoms with Gasteiger partial charge in [-0.2, -0.15) is 0 Å². The topological polar surface area (TPSA) is 95.8 Å². The first-order valence-electron chi connectivity index (χ1n) is 42.3. The quantitative estimate of drug-likeness (QED) is 0.132. The second-order valence-electron chi connectivity index (χ2n) is 34.0. The maximum absolute atomic E-state index is 7.49. The average molecular weight is 1560 g/mol. The minimum Gasteiger partial charge on any atom is -0.456 e. The number of thiophene rings is 1. The van der Waals surface area contributed by atoms with Gasteiger partial charge in [0.15, 0.2) is 34.9 Å². The van der Waals surface area contributed by atoms with Gasteiger partial charge in [-0.05, 0) is 191 Å². The molecule has 2 spiro atoms. The van der Waals surface area contributed by atoms with E-state index >= 15 is 0 Å². The van der Waals surface area contributed by atoms with Crippen LogP contribution in [-0.2, 0) is 23.7 Å². The van der Waals surface area contributed by atoms with Crippen molar-refractivity contribution in [3.63, 3.8) is 0 Å². The molecule has 24 rings (SSSR count). The zero-order valence-electron chi connectivity index (χ0n) is 66.9. The minimum atomic E-state index is -0.728. The number of nitrogens with zero attached hydrogens (tertiary/aromatic N) is 6. The number of aromatic nitrogens is 6. The molecule has 2 aliphatic heterocycles. The largest absolute Gasteiger partial charge is 0.456 e. The minimum absolute atomic E-state index is 0.0479. The highest BCUT2D eigenvalue weighted by Gasteiger charge is 2.54. The summed E-state index contributed by atoms with van der Waals surface area (Å²) in [6.07, 6.45) is 15.2. The molecule has 6 unspecified atom stereocenters. The van der Waals surface area contributed by atoms with E-state index in [1.165, 1.54) is 81.2 Å². The lowest BCUT2D eigenvalue weighted by Gasteiger charge is -2.41. The first-order valence-corrected chi connectivity index (χ1v) is 43.1. The Morgan fingerprint density at radius 2 is 0.867 bits per heavy atom. The second kappa shape index (κ2) is 27.4. The number of hydrogen-bond donors (Lipinski definition) is 0. The van der Waals surface area contributed by atoms with E-state index in [1.807, 2.05) is 17.4 Å². The summed E-state index contributed by atoms with van der Waals surface area (Å²) in [4.78, 5) is 34.2. The number of allylic oxidation sites excluding steroid dienone is 8. The van der Waals surface area contributed by atoms with Crippen LogP contribution in [0, 0.1) is 23.7 Å². The average Bonchev–Trinajstić information content (AvgIpc) is 1.50. The molecule has 0 N–H and O–H groups in total. The standard InChI is InChI=1S/C111H80N6O2S/c1-64-56-89-85-53-50-77(63-101(85)120-100(89)57-65(64)2)108-115-105(114-106(116-108)75-31-22-29-72(59-75)81-36-23-43-96-102(81)118-98-45-19-17-41-94(98)110(96)90-38-10-6-9-33-82(90)83-34-13-15-39-91(83)110)74-30-21-28-70(58-74)71-51-54-93-88(61-71)84-35-14-16-40-92(84)111(93)95-42-18-20-46-99(95)119-103-86(37-24-44-97(103)111)87-62-78(55-66(3)67(87)4)109-113-104(69-26-7-5-8-27-69)112-107(117-109)76-49-52-80-73(60-76)48-47-68-25-11-12-32-79(68)80/h5-37,39-54,58-67,87H,38,55-57H2,1-4H3/t64?,65?,66?,67?,87?,110?,111-/m0/s1. The maximum atomic E-state index is 7.49. The third-order valence-electron chi connectivity index (χ3n) is 27.5. The Morgan fingerprint density at radius 3 is 1.64 bits per heavy atom. The Hall–Kier alpha value is -13.9. The van der Waals surface area contributed by atoms with E-state index in [-0.39, 0.29) is 17.8 Å². The molecular weight excluding hydrogens is 1480 g/mol. The van der Waals surface area contributed by atoms with Gasteiger partial charge in [0, 0.05) is 76.7 Å². The van der Waals surface area contributed by atoms with Gasteiger partial charge in [-0.3, -0.25) is 0 Å². The normalized spacial score (nSPS) is 19.9. The molecule has 7 atom stereocenters. The highest BCUT2D eigenvalue weighted by molar-refractivity contribution is 7.19. The van der Waals surface area contributed by atoms with Crippen LogP contribution in [0.2, 0.25) is 0 Å². The summed E-state index contributed by atoms with van der Waals surface area (Å²) in [7, 11) is 0. The van der Waals surface area contributed by atoms with Gasteiger partial charge >= 0.3 is 0 Å². The Bertz CT molecular complexity index is 7370. The van der Waals surface area contributed by atoms with Crippen LogP contribution in [0.3, 0.4) is 0 Å². The van der Waals surface area contributed by atoms with Crippen molar-refractivity contribution < 1.29 is 9.47 Å². The number of ether oxygens (including phenoxy) is 2. The first-order chi connectivity index (χ1) is 59.1. The van der Waals surface area contributed by atoms with Crippen LogP contribution in [0.4, 0.5) is 0 Å². The van der Waals surface area contributed by atoms with E-state index in [0.29, 0.717) is 46.8 Å². The monoisotopic (exact) mass is 1560 g/mol. The van der Waals surface area contributed by atoms with Gasteiger partial charge in [0.05, 0.1) is 10.8 Å². The molecule has 0 saturated carbocycles. The summed E-state index contributed by atoms with van der Waals surface area (Å²) in [5, 5.41) is 6.13. The van der Waals surface area contributed by atoms with E-state index < -0.39 is 10.8 Å². The van der Waals surface area contributed by atoms with Crippen molar-refractivity contribution in [3.8, 4) is 113 Å². The van der Waals surface area contributed by atoms with Crippen molar-refractivity contribution in [2.75, 3.05) is 0 Å². The summed E-state index contributed by atoms with van der Waals surface area (Å²) < 4.78 is 16.0. The summed E-state index contributed by atoms with van der Waals surface area (Å²) in [6.45, 7) is 9.60.